The summed E-state index contributed by atoms with van der Waals surface area (Å²) in [6, 6.07) is 7.40. The summed E-state index contributed by atoms with van der Waals surface area (Å²) in [6.07, 6.45) is 4.59. The van der Waals surface area contributed by atoms with Gasteiger partial charge in [-0.05, 0) is 49.4 Å². The smallest absolute Gasteiger partial charge is 0.123 e. The first kappa shape index (κ1) is 15.2. The third kappa shape index (κ3) is 5.18. The summed E-state index contributed by atoms with van der Waals surface area (Å²) in [5.41, 5.74) is 1.22. The van der Waals surface area contributed by atoms with Gasteiger partial charge in [0.05, 0.1) is 0 Å². The Kier molecular flexibility index (Phi) is 6.96. The van der Waals surface area contributed by atoms with E-state index in [1.165, 1.54) is 18.4 Å². The van der Waals surface area contributed by atoms with Crippen LogP contribution >= 0.6 is 0 Å². The summed E-state index contributed by atoms with van der Waals surface area (Å²) in [7, 11) is 0. The molecular weight excluding hydrogens is 225 g/mol. The molecule has 1 nitrogen and oxygen atoms in total. The predicted octanol–water partition coefficient (Wildman–Crippen LogP) is 4.17. The number of hydrogen-bond donors (Lipinski definition) is 1. The maximum atomic E-state index is 12.9. The van der Waals surface area contributed by atoms with Crippen LogP contribution in [0.15, 0.2) is 24.3 Å². The lowest BCUT2D eigenvalue weighted by molar-refractivity contribution is 0.352. The van der Waals surface area contributed by atoms with Crippen molar-refractivity contribution in [3.8, 4) is 0 Å². The zero-order valence-corrected chi connectivity index (χ0v) is 11.9. The van der Waals surface area contributed by atoms with Crippen LogP contribution in [0.2, 0.25) is 0 Å². The molecule has 1 rings (SSSR count). The monoisotopic (exact) mass is 251 g/mol. The van der Waals surface area contributed by atoms with Gasteiger partial charge in [-0.1, -0.05) is 39.3 Å². The molecule has 0 heterocycles. The fourth-order valence-corrected chi connectivity index (χ4v) is 2.34. The van der Waals surface area contributed by atoms with E-state index in [1.54, 1.807) is 12.1 Å². The first-order chi connectivity index (χ1) is 8.67. The maximum absolute atomic E-state index is 12.9. The highest BCUT2D eigenvalue weighted by molar-refractivity contribution is 5.17. The third-order valence-corrected chi connectivity index (χ3v) is 3.46. The minimum atomic E-state index is -0.154. The van der Waals surface area contributed by atoms with Crippen molar-refractivity contribution >= 4 is 0 Å². The molecule has 2 heteroatoms. The van der Waals surface area contributed by atoms with E-state index in [-0.39, 0.29) is 5.82 Å². The lowest BCUT2D eigenvalue weighted by Crippen LogP contribution is -2.37. The molecule has 0 aliphatic carbocycles. The first-order valence-electron chi connectivity index (χ1n) is 7.15. The molecule has 1 aromatic rings. The summed E-state index contributed by atoms with van der Waals surface area (Å²) in [5.74, 6) is 0.505. The molecule has 0 spiro atoms. The molecule has 0 saturated heterocycles. The van der Waals surface area contributed by atoms with E-state index >= 15 is 0 Å². The molecule has 0 saturated carbocycles. The lowest BCUT2D eigenvalue weighted by Gasteiger charge is -2.25. The van der Waals surface area contributed by atoms with E-state index in [0.717, 1.165) is 19.4 Å². The SMILES string of the molecule is CCCNC(Cc1ccc(F)cc1)C(C)CCC. The van der Waals surface area contributed by atoms with Crippen molar-refractivity contribution in [2.75, 3.05) is 6.54 Å². The average molecular weight is 251 g/mol. The van der Waals surface area contributed by atoms with Gasteiger partial charge in [-0.15, -0.1) is 0 Å². The molecule has 1 aromatic carbocycles. The van der Waals surface area contributed by atoms with Crippen LogP contribution in [-0.2, 0) is 6.42 Å². The second-order valence-corrected chi connectivity index (χ2v) is 5.16. The zero-order valence-electron chi connectivity index (χ0n) is 11.9. The van der Waals surface area contributed by atoms with Gasteiger partial charge in [-0.3, -0.25) is 0 Å². The third-order valence-electron chi connectivity index (χ3n) is 3.46. The van der Waals surface area contributed by atoms with Gasteiger partial charge in [0.2, 0.25) is 0 Å². The normalized spacial score (nSPS) is 14.4. The molecule has 102 valence electrons. The Hall–Kier alpha value is -0.890. The van der Waals surface area contributed by atoms with Gasteiger partial charge in [0.15, 0.2) is 0 Å². The Bertz CT molecular complexity index is 320. The van der Waals surface area contributed by atoms with Crippen LogP contribution in [0.5, 0.6) is 0 Å². The van der Waals surface area contributed by atoms with Crippen molar-refractivity contribution in [1.29, 1.82) is 0 Å². The highest BCUT2D eigenvalue weighted by Gasteiger charge is 2.16. The zero-order chi connectivity index (χ0) is 13.4. The van der Waals surface area contributed by atoms with Crippen molar-refractivity contribution in [2.24, 2.45) is 5.92 Å². The van der Waals surface area contributed by atoms with Crippen LogP contribution in [0, 0.1) is 11.7 Å². The molecule has 0 aliphatic heterocycles. The summed E-state index contributed by atoms with van der Waals surface area (Å²) in [5, 5.41) is 3.62. The van der Waals surface area contributed by atoms with Gasteiger partial charge in [-0.2, -0.15) is 0 Å². The molecule has 1 N–H and O–H groups in total. The largest absolute Gasteiger partial charge is 0.313 e. The van der Waals surface area contributed by atoms with Crippen molar-refractivity contribution in [1.82, 2.24) is 5.32 Å². The lowest BCUT2D eigenvalue weighted by atomic mass is 9.91. The van der Waals surface area contributed by atoms with Crippen molar-refractivity contribution < 1.29 is 4.39 Å². The summed E-state index contributed by atoms with van der Waals surface area (Å²) < 4.78 is 12.9. The van der Waals surface area contributed by atoms with E-state index in [0.29, 0.717) is 12.0 Å². The van der Waals surface area contributed by atoms with E-state index in [1.807, 2.05) is 12.1 Å². The quantitative estimate of drug-likeness (QED) is 0.731. The van der Waals surface area contributed by atoms with Crippen LogP contribution in [-0.4, -0.2) is 12.6 Å². The van der Waals surface area contributed by atoms with Crippen molar-refractivity contribution in [3.05, 3.63) is 35.6 Å². The van der Waals surface area contributed by atoms with Gasteiger partial charge in [0.25, 0.3) is 0 Å². The molecule has 0 aromatic heterocycles. The Morgan fingerprint density at radius 3 is 2.33 bits per heavy atom. The number of benzene rings is 1. The van der Waals surface area contributed by atoms with Crippen LogP contribution in [0.25, 0.3) is 0 Å². The van der Waals surface area contributed by atoms with E-state index in [9.17, 15) is 4.39 Å². The maximum Gasteiger partial charge on any atom is 0.123 e. The summed E-state index contributed by atoms with van der Waals surface area (Å²) in [4.78, 5) is 0. The summed E-state index contributed by atoms with van der Waals surface area (Å²) in [6.45, 7) is 7.78. The Morgan fingerprint density at radius 1 is 1.11 bits per heavy atom. The Labute approximate surface area is 111 Å². The number of rotatable bonds is 8. The number of halogens is 1. The first-order valence-corrected chi connectivity index (χ1v) is 7.15. The van der Waals surface area contributed by atoms with E-state index < -0.39 is 0 Å². The molecule has 2 atom stereocenters. The highest BCUT2D eigenvalue weighted by atomic mass is 19.1. The summed E-state index contributed by atoms with van der Waals surface area (Å²) >= 11 is 0. The van der Waals surface area contributed by atoms with E-state index in [4.69, 9.17) is 0 Å². The number of hydrogen-bond acceptors (Lipinski definition) is 1. The molecule has 0 amide bonds. The minimum absolute atomic E-state index is 0.154. The fraction of sp³-hybridized carbons (Fsp3) is 0.625. The van der Waals surface area contributed by atoms with Crippen LogP contribution in [0.1, 0.15) is 45.6 Å². The average Bonchev–Trinajstić information content (AvgIpc) is 2.37. The van der Waals surface area contributed by atoms with Crippen LogP contribution < -0.4 is 5.32 Å². The minimum Gasteiger partial charge on any atom is -0.313 e. The predicted molar refractivity (Wildman–Crippen MR) is 76.3 cm³/mol. The molecule has 0 fully saturated rings. The second-order valence-electron chi connectivity index (χ2n) is 5.16. The van der Waals surface area contributed by atoms with Crippen LogP contribution in [0.3, 0.4) is 0 Å². The fourth-order valence-electron chi connectivity index (χ4n) is 2.34. The Morgan fingerprint density at radius 2 is 1.78 bits per heavy atom. The molecule has 0 bridgehead atoms. The van der Waals surface area contributed by atoms with Crippen molar-refractivity contribution in [2.45, 2.75) is 52.5 Å². The highest BCUT2D eigenvalue weighted by Crippen LogP contribution is 2.16. The Balaban J connectivity index is 2.61. The molecular formula is C16H26FN. The van der Waals surface area contributed by atoms with Gasteiger partial charge < -0.3 is 5.32 Å². The standard InChI is InChI=1S/C16H26FN/c1-4-6-13(3)16(18-11-5-2)12-14-7-9-15(17)10-8-14/h7-10,13,16,18H,4-6,11-12H2,1-3H3. The van der Waals surface area contributed by atoms with Gasteiger partial charge in [0, 0.05) is 6.04 Å². The number of nitrogens with one attached hydrogen (secondary N) is 1. The topological polar surface area (TPSA) is 12.0 Å². The second kappa shape index (κ2) is 8.25. The molecule has 18 heavy (non-hydrogen) atoms. The van der Waals surface area contributed by atoms with E-state index in [2.05, 4.69) is 26.1 Å². The molecule has 2 unspecified atom stereocenters. The van der Waals surface area contributed by atoms with Crippen molar-refractivity contribution in [3.63, 3.8) is 0 Å². The van der Waals surface area contributed by atoms with Crippen LogP contribution in [0.4, 0.5) is 4.39 Å². The molecule has 0 radical (unpaired) electrons. The van der Waals surface area contributed by atoms with Gasteiger partial charge >= 0.3 is 0 Å². The van der Waals surface area contributed by atoms with Gasteiger partial charge in [0.1, 0.15) is 5.82 Å². The van der Waals surface area contributed by atoms with Gasteiger partial charge in [-0.25, -0.2) is 4.39 Å². The molecule has 0 aliphatic rings.